The fourth-order valence-electron chi connectivity index (χ4n) is 1.86. The van der Waals surface area contributed by atoms with Gasteiger partial charge in [0, 0.05) is 31.5 Å². The summed E-state index contributed by atoms with van der Waals surface area (Å²) in [6.07, 6.45) is 3.76. The normalized spacial score (nSPS) is 14.8. The molecule has 0 aromatic carbocycles. The summed E-state index contributed by atoms with van der Waals surface area (Å²) in [5.74, 6) is 0.0490. The Morgan fingerprint density at radius 2 is 2.31 bits per heavy atom. The van der Waals surface area contributed by atoms with Crippen LogP contribution in [-0.2, 0) is 4.74 Å². The van der Waals surface area contributed by atoms with Gasteiger partial charge in [-0.1, -0.05) is 6.92 Å². The lowest BCUT2D eigenvalue weighted by molar-refractivity contribution is 0.171. The second-order valence-electron chi connectivity index (χ2n) is 3.92. The third-order valence-electron chi connectivity index (χ3n) is 2.80. The van der Waals surface area contributed by atoms with Gasteiger partial charge in [-0.3, -0.25) is 4.98 Å². The van der Waals surface area contributed by atoms with E-state index in [0.29, 0.717) is 18.1 Å². The minimum atomic E-state index is -0.258. The van der Waals surface area contributed by atoms with Crippen LogP contribution in [0.25, 0.3) is 0 Å². The number of hydrogen-bond donors (Lipinski definition) is 1. The summed E-state index contributed by atoms with van der Waals surface area (Å²) >= 11 is 0. The molecule has 1 rings (SSSR count). The van der Waals surface area contributed by atoms with E-state index >= 15 is 0 Å². The van der Waals surface area contributed by atoms with Gasteiger partial charge in [-0.05, 0) is 25.5 Å². The van der Waals surface area contributed by atoms with E-state index in [0.717, 1.165) is 6.42 Å². The van der Waals surface area contributed by atoms with Crippen LogP contribution < -0.4 is 5.32 Å². The molecule has 90 valence electrons. The third-order valence-corrected chi connectivity index (χ3v) is 2.80. The van der Waals surface area contributed by atoms with E-state index < -0.39 is 0 Å². The molecule has 0 spiro atoms. The summed E-state index contributed by atoms with van der Waals surface area (Å²) in [4.78, 5) is 3.76. The SMILES string of the molecule is CNC(c1ccncc1F)C(C)CCOC. The molecule has 3 nitrogen and oxygen atoms in total. The topological polar surface area (TPSA) is 34.2 Å². The van der Waals surface area contributed by atoms with Crippen LogP contribution in [0.3, 0.4) is 0 Å². The van der Waals surface area contributed by atoms with Crippen LogP contribution in [0.15, 0.2) is 18.5 Å². The molecule has 0 saturated carbocycles. The highest BCUT2D eigenvalue weighted by molar-refractivity contribution is 5.18. The molecule has 1 aromatic rings. The van der Waals surface area contributed by atoms with Gasteiger partial charge in [0.2, 0.25) is 0 Å². The van der Waals surface area contributed by atoms with Crippen molar-refractivity contribution in [1.29, 1.82) is 0 Å². The van der Waals surface area contributed by atoms with Gasteiger partial charge in [-0.2, -0.15) is 0 Å². The zero-order valence-corrected chi connectivity index (χ0v) is 10.0. The van der Waals surface area contributed by atoms with Gasteiger partial charge in [0.05, 0.1) is 6.20 Å². The number of ether oxygens (including phenoxy) is 1. The first kappa shape index (κ1) is 13.1. The zero-order valence-electron chi connectivity index (χ0n) is 10.0. The van der Waals surface area contributed by atoms with E-state index in [4.69, 9.17) is 4.74 Å². The largest absolute Gasteiger partial charge is 0.385 e. The second-order valence-corrected chi connectivity index (χ2v) is 3.92. The van der Waals surface area contributed by atoms with Crippen LogP contribution in [0.4, 0.5) is 4.39 Å². The van der Waals surface area contributed by atoms with Crippen LogP contribution in [0.1, 0.15) is 24.9 Å². The summed E-state index contributed by atoms with van der Waals surface area (Å²) < 4.78 is 18.6. The number of halogens is 1. The number of nitrogens with zero attached hydrogens (tertiary/aromatic N) is 1. The first-order valence-corrected chi connectivity index (χ1v) is 5.46. The van der Waals surface area contributed by atoms with Crippen molar-refractivity contribution in [2.24, 2.45) is 5.92 Å². The van der Waals surface area contributed by atoms with E-state index in [1.165, 1.54) is 6.20 Å². The maximum Gasteiger partial charge on any atom is 0.146 e. The molecule has 1 heterocycles. The van der Waals surface area contributed by atoms with Crippen LogP contribution in [-0.4, -0.2) is 25.7 Å². The van der Waals surface area contributed by atoms with Gasteiger partial charge in [0.25, 0.3) is 0 Å². The quantitative estimate of drug-likeness (QED) is 0.807. The van der Waals surface area contributed by atoms with Gasteiger partial charge in [-0.15, -0.1) is 0 Å². The van der Waals surface area contributed by atoms with Gasteiger partial charge >= 0.3 is 0 Å². The van der Waals surface area contributed by atoms with E-state index in [1.54, 1.807) is 19.4 Å². The average molecular weight is 226 g/mol. The highest BCUT2D eigenvalue weighted by Gasteiger charge is 2.20. The Bertz CT molecular complexity index is 320. The van der Waals surface area contributed by atoms with Crippen molar-refractivity contribution in [2.45, 2.75) is 19.4 Å². The third kappa shape index (κ3) is 3.25. The molecule has 4 heteroatoms. The Hall–Kier alpha value is -1.00. The zero-order chi connectivity index (χ0) is 12.0. The van der Waals surface area contributed by atoms with Crippen molar-refractivity contribution in [3.8, 4) is 0 Å². The standard InChI is InChI=1S/C12H19FN2O/c1-9(5-7-16-3)12(14-2)10-4-6-15-8-11(10)13/h4,6,8-9,12,14H,5,7H2,1-3H3. The van der Waals surface area contributed by atoms with Crippen LogP contribution in [0, 0.1) is 11.7 Å². The molecule has 0 aliphatic carbocycles. The van der Waals surface area contributed by atoms with Crippen molar-refractivity contribution in [3.63, 3.8) is 0 Å². The minimum absolute atomic E-state index is 0.00171. The van der Waals surface area contributed by atoms with Gasteiger partial charge < -0.3 is 10.1 Å². The number of rotatable bonds is 6. The molecule has 2 atom stereocenters. The Kier molecular flexibility index (Phi) is 5.35. The van der Waals surface area contributed by atoms with E-state index in [9.17, 15) is 4.39 Å². The van der Waals surface area contributed by atoms with Gasteiger partial charge in [0.15, 0.2) is 0 Å². The summed E-state index contributed by atoms with van der Waals surface area (Å²) in [5, 5.41) is 3.14. The van der Waals surface area contributed by atoms with Crippen molar-refractivity contribution < 1.29 is 9.13 Å². The molecule has 0 aliphatic rings. The van der Waals surface area contributed by atoms with Crippen molar-refractivity contribution in [2.75, 3.05) is 20.8 Å². The molecule has 16 heavy (non-hydrogen) atoms. The molecule has 1 N–H and O–H groups in total. The second kappa shape index (κ2) is 6.55. The minimum Gasteiger partial charge on any atom is -0.385 e. The summed E-state index contributed by atoms with van der Waals surface area (Å²) in [7, 11) is 3.52. The Balaban J connectivity index is 2.77. The molecule has 0 amide bonds. The van der Waals surface area contributed by atoms with Crippen LogP contribution in [0.2, 0.25) is 0 Å². The molecule has 0 aliphatic heterocycles. The lowest BCUT2D eigenvalue weighted by Gasteiger charge is -2.24. The lowest BCUT2D eigenvalue weighted by atomic mass is 9.92. The number of pyridine rings is 1. The maximum atomic E-state index is 13.6. The lowest BCUT2D eigenvalue weighted by Crippen LogP contribution is -2.25. The average Bonchev–Trinajstić information content (AvgIpc) is 2.30. The van der Waals surface area contributed by atoms with Crippen molar-refractivity contribution >= 4 is 0 Å². The van der Waals surface area contributed by atoms with E-state index in [2.05, 4.69) is 17.2 Å². The Labute approximate surface area is 96.0 Å². The van der Waals surface area contributed by atoms with Crippen LogP contribution in [0.5, 0.6) is 0 Å². The fourth-order valence-corrected chi connectivity index (χ4v) is 1.86. The summed E-state index contributed by atoms with van der Waals surface area (Å²) in [6, 6.07) is 1.72. The molecule has 0 bridgehead atoms. The highest BCUT2D eigenvalue weighted by Crippen LogP contribution is 2.25. The maximum absolute atomic E-state index is 13.6. The molecular weight excluding hydrogens is 207 g/mol. The molecule has 1 aromatic heterocycles. The summed E-state index contributed by atoms with van der Waals surface area (Å²) in [6.45, 7) is 2.77. The molecule has 0 fully saturated rings. The molecule has 0 saturated heterocycles. The first-order valence-electron chi connectivity index (χ1n) is 5.46. The molecular formula is C12H19FN2O. The van der Waals surface area contributed by atoms with Crippen LogP contribution >= 0.6 is 0 Å². The first-order chi connectivity index (χ1) is 7.70. The smallest absolute Gasteiger partial charge is 0.146 e. The Morgan fingerprint density at radius 3 is 2.88 bits per heavy atom. The highest BCUT2D eigenvalue weighted by atomic mass is 19.1. The predicted octanol–water partition coefficient (Wildman–Crippen LogP) is 2.15. The van der Waals surface area contributed by atoms with E-state index in [1.807, 2.05) is 7.05 Å². The van der Waals surface area contributed by atoms with E-state index in [-0.39, 0.29) is 11.9 Å². The number of nitrogens with one attached hydrogen (secondary N) is 1. The van der Waals surface area contributed by atoms with Gasteiger partial charge in [-0.25, -0.2) is 4.39 Å². The Morgan fingerprint density at radius 1 is 1.56 bits per heavy atom. The molecule has 2 unspecified atom stereocenters. The van der Waals surface area contributed by atoms with Crippen molar-refractivity contribution in [3.05, 3.63) is 29.8 Å². The molecule has 0 radical (unpaired) electrons. The number of aromatic nitrogens is 1. The number of hydrogen-bond acceptors (Lipinski definition) is 3. The van der Waals surface area contributed by atoms with Gasteiger partial charge in [0.1, 0.15) is 5.82 Å². The van der Waals surface area contributed by atoms with Crippen molar-refractivity contribution in [1.82, 2.24) is 10.3 Å². The number of methoxy groups -OCH3 is 1. The fraction of sp³-hybridized carbons (Fsp3) is 0.583. The monoisotopic (exact) mass is 226 g/mol. The predicted molar refractivity (Wildman–Crippen MR) is 61.7 cm³/mol. The summed E-state index contributed by atoms with van der Waals surface area (Å²) in [5.41, 5.74) is 0.668.